The van der Waals surface area contributed by atoms with E-state index in [4.69, 9.17) is 13.3 Å². The lowest BCUT2D eigenvalue weighted by Gasteiger charge is -2.54. The fourth-order valence-corrected chi connectivity index (χ4v) is 4.76. The molecule has 18 heavy (non-hydrogen) atoms. The van der Waals surface area contributed by atoms with Crippen molar-refractivity contribution in [2.45, 2.75) is 58.0 Å². The highest BCUT2D eigenvalue weighted by Crippen LogP contribution is 2.38. The van der Waals surface area contributed by atoms with Gasteiger partial charge in [-0.2, -0.15) is 0 Å². The third-order valence-electron chi connectivity index (χ3n) is 4.02. The topological polar surface area (TPSA) is 30.9 Å². The van der Waals surface area contributed by atoms with Crippen LogP contribution in [0.2, 0.25) is 0 Å². The van der Waals surface area contributed by atoms with Crippen LogP contribution >= 0.6 is 0 Å². The van der Waals surface area contributed by atoms with Crippen LogP contribution in [0.15, 0.2) is 0 Å². The summed E-state index contributed by atoms with van der Waals surface area (Å²) in [6.07, 6.45) is 3.61. The Morgan fingerprint density at radius 2 is 1.28 bits per heavy atom. The molecule has 0 aromatic rings. The van der Waals surface area contributed by atoms with Crippen LogP contribution in [0.1, 0.15) is 47.0 Å². The summed E-state index contributed by atoms with van der Waals surface area (Å²) in [6, 6.07) is 0. The molecule has 1 fully saturated rings. The van der Waals surface area contributed by atoms with Crippen molar-refractivity contribution in [2.24, 2.45) is 0 Å². The van der Waals surface area contributed by atoms with Crippen LogP contribution < -0.4 is 0 Å². The van der Waals surface area contributed by atoms with Crippen molar-refractivity contribution in [3.63, 3.8) is 0 Å². The van der Waals surface area contributed by atoms with Gasteiger partial charge in [0, 0.05) is 32.4 Å². The molecule has 1 rings (SSSR count). The first-order valence-corrected chi connectivity index (χ1v) is 8.34. The summed E-state index contributed by atoms with van der Waals surface area (Å²) in [4.78, 5) is 2.38. The van der Waals surface area contributed by atoms with Crippen LogP contribution in [0.3, 0.4) is 0 Å². The Balaban J connectivity index is 2.96. The van der Waals surface area contributed by atoms with Gasteiger partial charge in [0.25, 0.3) is 0 Å². The molecule has 0 spiro atoms. The number of rotatable bonds is 5. The quantitative estimate of drug-likeness (QED) is 0.716. The molecular weight excluding hydrogens is 245 g/mol. The molecule has 0 amide bonds. The second-order valence-corrected chi connectivity index (χ2v) is 8.88. The number of piperidine rings is 1. The van der Waals surface area contributed by atoms with Crippen molar-refractivity contribution in [1.82, 2.24) is 4.81 Å². The van der Waals surface area contributed by atoms with E-state index in [0.717, 1.165) is 0 Å². The van der Waals surface area contributed by atoms with Crippen molar-refractivity contribution >= 4 is 15.7 Å². The fraction of sp³-hybridized carbons (Fsp3) is 1.00. The van der Waals surface area contributed by atoms with Crippen molar-refractivity contribution < 1.29 is 13.3 Å². The van der Waals surface area contributed by atoms with Crippen LogP contribution in [0.25, 0.3) is 0 Å². The Bertz CT molecular complexity index is 258. The minimum atomic E-state index is -2.68. The van der Waals surface area contributed by atoms with Gasteiger partial charge in [-0.3, -0.25) is 0 Å². The highest BCUT2D eigenvalue weighted by atomic mass is 28.4. The molecule has 0 saturated carbocycles. The summed E-state index contributed by atoms with van der Waals surface area (Å²) in [5, 5.41) is 0. The zero-order valence-electron chi connectivity index (χ0n) is 12.9. The Hall–Kier alpha value is 0.122. The van der Waals surface area contributed by atoms with E-state index in [0.29, 0.717) is 0 Å². The summed E-state index contributed by atoms with van der Waals surface area (Å²) in [6.45, 7) is 9.07. The van der Waals surface area contributed by atoms with E-state index < -0.39 is 8.67 Å². The molecule has 0 bridgehead atoms. The van der Waals surface area contributed by atoms with E-state index in [1.54, 1.807) is 21.3 Å². The summed E-state index contributed by atoms with van der Waals surface area (Å²) in [5.41, 5.74) is 0.213. The maximum Gasteiger partial charge on any atom is 0.459 e. The van der Waals surface area contributed by atoms with Crippen LogP contribution in [0.5, 0.6) is 0 Å². The Kier molecular flexibility index (Phi) is 5.06. The van der Waals surface area contributed by atoms with E-state index in [1.807, 2.05) is 0 Å². The van der Waals surface area contributed by atoms with E-state index in [-0.39, 0.29) is 11.1 Å². The maximum atomic E-state index is 5.52. The molecule has 0 aromatic carbocycles. The molecule has 1 aliphatic heterocycles. The van der Waals surface area contributed by atoms with Gasteiger partial charge < -0.3 is 18.1 Å². The molecule has 1 radical (unpaired) electrons. The second-order valence-electron chi connectivity index (χ2n) is 6.19. The Morgan fingerprint density at radius 1 is 0.889 bits per heavy atom. The molecule has 6 heteroatoms. The highest BCUT2D eigenvalue weighted by molar-refractivity contribution is 7.13. The van der Waals surface area contributed by atoms with Gasteiger partial charge in [0.2, 0.25) is 0 Å². The summed E-state index contributed by atoms with van der Waals surface area (Å²) in [7, 11) is 4.35. The Morgan fingerprint density at radius 3 is 1.61 bits per heavy atom. The number of hydrogen-bond acceptors (Lipinski definition) is 4. The zero-order valence-corrected chi connectivity index (χ0v) is 13.9. The van der Waals surface area contributed by atoms with Crippen molar-refractivity contribution in [3.8, 4) is 0 Å². The second kappa shape index (κ2) is 5.63. The average molecular weight is 272 g/mol. The molecule has 0 aromatic heterocycles. The number of nitrogens with zero attached hydrogens (tertiary/aromatic N) is 1. The summed E-state index contributed by atoms with van der Waals surface area (Å²) >= 11 is 0. The average Bonchev–Trinajstić information content (AvgIpc) is 2.29. The van der Waals surface area contributed by atoms with Gasteiger partial charge in [0.1, 0.15) is 0 Å². The first kappa shape index (κ1) is 16.2. The van der Waals surface area contributed by atoms with Gasteiger partial charge in [-0.25, -0.2) is 0 Å². The fourth-order valence-electron chi connectivity index (χ4n) is 2.93. The molecule has 1 saturated heterocycles. The zero-order chi connectivity index (χ0) is 14.0. The van der Waals surface area contributed by atoms with Crippen LogP contribution in [-0.4, -0.2) is 52.9 Å². The van der Waals surface area contributed by atoms with Gasteiger partial charge in [-0.1, -0.05) is 0 Å². The van der Waals surface area contributed by atoms with Crippen LogP contribution in [0, 0.1) is 0 Å². The molecule has 0 atom stereocenters. The molecule has 0 unspecified atom stereocenters. The summed E-state index contributed by atoms with van der Waals surface area (Å²) in [5.74, 6) is 0. The number of hydrogen-bond donors (Lipinski definition) is 0. The predicted molar refractivity (Wildman–Crippen MR) is 76.4 cm³/mol. The Labute approximate surface area is 114 Å². The van der Waals surface area contributed by atoms with Gasteiger partial charge in [0.15, 0.2) is 0 Å². The molecule has 0 N–H and O–H groups in total. The van der Waals surface area contributed by atoms with Gasteiger partial charge in [0.05, 0.1) is 0 Å². The van der Waals surface area contributed by atoms with Crippen LogP contribution in [-0.2, 0) is 13.3 Å². The lowest BCUT2D eigenvalue weighted by atomic mass is 9.77. The van der Waals surface area contributed by atoms with E-state index in [9.17, 15) is 0 Å². The van der Waals surface area contributed by atoms with E-state index in [1.165, 1.54) is 19.3 Å². The molecule has 0 aliphatic carbocycles. The predicted octanol–water partition coefficient (Wildman–Crippen LogP) is 2.02. The highest BCUT2D eigenvalue weighted by Gasteiger charge is 2.50. The molecule has 4 nitrogen and oxygen atoms in total. The van der Waals surface area contributed by atoms with Gasteiger partial charge >= 0.3 is 15.7 Å². The van der Waals surface area contributed by atoms with Crippen molar-refractivity contribution in [3.05, 3.63) is 0 Å². The first-order valence-electron chi connectivity index (χ1n) is 6.54. The maximum absolute atomic E-state index is 5.52. The van der Waals surface area contributed by atoms with Crippen molar-refractivity contribution in [2.75, 3.05) is 21.3 Å². The minimum absolute atomic E-state index is 0.107. The molecule has 1 heterocycles. The van der Waals surface area contributed by atoms with E-state index >= 15 is 0 Å². The van der Waals surface area contributed by atoms with Gasteiger partial charge in [-0.15, -0.1) is 0 Å². The first-order chi connectivity index (χ1) is 8.23. The smallest absolute Gasteiger partial charge is 0.382 e. The molecule has 1 aliphatic rings. The third kappa shape index (κ3) is 3.17. The standard InChI is InChI=1S/C12H27BNO3Si/c1-11(2)9-8-10-12(3,4)14(11)13-18(15-5,16-6)17-7/h8-10H2,1-7H3. The monoisotopic (exact) mass is 272 g/mol. The van der Waals surface area contributed by atoms with Crippen LogP contribution in [0.4, 0.5) is 0 Å². The third-order valence-corrected chi connectivity index (χ3v) is 6.30. The lowest BCUT2D eigenvalue weighted by molar-refractivity contribution is 0.0487. The van der Waals surface area contributed by atoms with E-state index in [2.05, 4.69) is 39.5 Å². The molecular formula is C12H27BNO3Si. The SMILES string of the molecule is CO[Si]([B]N1C(C)(C)CCCC1(C)C)(OC)OC. The molecule has 105 valence electrons. The van der Waals surface area contributed by atoms with Gasteiger partial charge in [-0.05, 0) is 47.0 Å². The minimum Gasteiger partial charge on any atom is -0.382 e. The largest absolute Gasteiger partial charge is 0.459 e. The van der Waals surface area contributed by atoms with Crippen molar-refractivity contribution in [1.29, 1.82) is 0 Å². The lowest BCUT2D eigenvalue weighted by Crippen LogP contribution is -2.68. The summed E-state index contributed by atoms with van der Waals surface area (Å²) < 4.78 is 16.6. The normalized spacial score (nSPS) is 23.9.